The van der Waals surface area contributed by atoms with Crippen LogP contribution in [-0.4, -0.2) is 19.2 Å². The summed E-state index contributed by atoms with van der Waals surface area (Å²) in [5.74, 6) is -1.04. The summed E-state index contributed by atoms with van der Waals surface area (Å²) in [7, 11) is -1.87. The average molecular weight is 500 g/mol. The Morgan fingerprint density at radius 2 is 1.85 bits per heavy atom. The molecule has 0 aliphatic rings. The Balaban J connectivity index is 1.80. The van der Waals surface area contributed by atoms with Crippen molar-refractivity contribution in [3.05, 3.63) is 70.9 Å². The smallest absolute Gasteiger partial charge is 0.220 e. The van der Waals surface area contributed by atoms with Crippen molar-refractivity contribution < 1.29 is 13.0 Å². The van der Waals surface area contributed by atoms with E-state index in [0.717, 1.165) is 5.01 Å². The van der Waals surface area contributed by atoms with Crippen molar-refractivity contribution in [2.75, 3.05) is 10.5 Å². The highest BCUT2D eigenvalue weighted by Gasteiger charge is 2.26. The number of hydrogen-bond acceptors (Lipinski definition) is 6. The molecule has 2 heterocycles. The minimum absolute atomic E-state index is 0.0120. The van der Waals surface area contributed by atoms with Crippen LogP contribution in [0.2, 0.25) is 0 Å². The van der Waals surface area contributed by atoms with Gasteiger partial charge in [0.15, 0.2) is 16.8 Å². The van der Waals surface area contributed by atoms with Crippen LogP contribution in [0.4, 0.5) is 20.4 Å². The van der Waals surface area contributed by atoms with Crippen LogP contribution in [0.25, 0.3) is 21.8 Å². The van der Waals surface area contributed by atoms with Crippen LogP contribution in [0.1, 0.15) is 31.3 Å². The molecule has 2 aromatic carbocycles. The van der Waals surface area contributed by atoms with Crippen molar-refractivity contribution >= 4 is 34.0 Å². The molecule has 0 radical (unpaired) electrons. The molecule has 0 bridgehead atoms. The van der Waals surface area contributed by atoms with Crippen LogP contribution in [0.15, 0.2) is 53.6 Å². The number of nitrogens with zero attached hydrogens (tertiary/aromatic N) is 3. The van der Waals surface area contributed by atoms with Crippen LogP contribution >= 0.6 is 11.3 Å². The van der Waals surface area contributed by atoms with Crippen molar-refractivity contribution in [3.63, 3.8) is 0 Å². The molecule has 0 amide bonds. The molecule has 34 heavy (non-hydrogen) atoms. The molecule has 1 unspecified atom stereocenters. The Kier molecular flexibility index (Phi) is 6.46. The minimum Gasteiger partial charge on any atom is -0.368 e. The van der Waals surface area contributed by atoms with E-state index in [9.17, 15) is 8.60 Å². The van der Waals surface area contributed by atoms with Gasteiger partial charge in [0.1, 0.15) is 5.82 Å². The van der Waals surface area contributed by atoms with Crippen molar-refractivity contribution in [3.8, 4) is 21.8 Å². The monoisotopic (exact) mass is 499 g/mol. The van der Waals surface area contributed by atoms with Crippen LogP contribution in [0.5, 0.6) is 0 Å². The zero-order valence-corrected chi connectivity index (χ0v) is 20.7. The lowest BCUT2D eigenvalue weighted by Gasteiger charge is -2.14. The van der Waals surface area contributed by atoms with E-state index in [1.165, 1.54) is 41.8 Å². The summed E-state index contributed by atoms with van der Waals surface area (Å²) in [6.07, 6.45) is 1.54. The summed E-state index contributed by atoms with van der Waals surface area (Å²) in [4.78, 5) is 13.9. The third-order valence-corrected chi connectivity index (χ3v) is 7.73. The number of nitrogens with two attached hydrogens (primary N) is 1. The van der Waals surface area contributed by atoms with E-state index in [1.54, 1.807) is 25.1 Å². The zero-order chi connectivity index (χ0) is 24.6. The number of nitrogen functional groups attached to an aromatic ring is 1. The van der Waals surface area contributed by atoms with Gasteiger partial charge in [-0.3, -0.25) is 4.72 Å². The molecule has 2 aromatic heterocycles. The molecule has 0 fully saturated rings. The lowest BCUT2D eigenvalue weighted by atomic mass is 9.98. The number of hydrogen-bond donors (Lipinski definition) is 2. The summed E-state index contributed by atoms with van der Waals surface area (Å²) >= 11 is 1.41. The van der Waals surface area contributed by atoms with Gasteiger partial charge in [0.25, 0.3) is 0 Å². The Morgan fingerprint density at radius 3 is 2.56 bits per heavy atom. The second kappa shape index (κ2) is 9.19. The molecule has 0 aliphatic heterocycles. The zero-order valence-electron chi connectivity index (χ0n) is 19.0. The first-order chi connectivity index (χ1) is 16.0. The molecule has 0 saturated heterocycles. The van der Waals surface area contributed by atoms with E-state index < -0.39 is 22.6 Å². The van der Waals surface area contributed by atoms with E-state index in [1.807, 2.05) is 20.8 Å². The maximum absolute atomic E-state index is 15.7. The summed E-state index contributed by atoms with van der Waals surface area (Å²) in [6, 6.07) is 10.4. The molecule has 176 valence electrons. The molecule has 0 spiro atoms. The number of nitrogens with one attached hydrogen (secondary N) is 1. The fourth-order valence-corrected chi connectivity index (χ4v) is 5.37. The Hall–Kier alpha value is -3.24. The van der Waals surface area contributed by atoms with Gasteiger partial charge in [-0.25, -0.2) is 27.9 Å². The molecular weight excluding hydrogens is 476 g/mol. The van der Waals surface area contributed by atoms with E-state index in [4.69, 9.17) is 10.7 Å². The third kappa shape index (κ3) is 4.83. The van der Waals surface area contributed by atoms with Gasteiger partial charge >= 0.3 is 0 Å². The van der Waals surface area contributed by atoms with E-state index in [-0.39, 0.29) is 27.5 Å². The predicted octanol–water partition coefficient (Wildman–Crippen LogP) is 5.87. The SMILES string of the molecule is Cc1ccc(F)cc1S(=O)Nc1cccc(-c2nc(C(C)(C)C)sc2-c2ccnc(N)n2)c1F. The fraction of sp³-hybridized carbons (Fsp3) is 0.208. The number of aryl methyl sites for hydroxylation is 1. The largest absolute Gasteiger partial charge is 0.368 e. The predicted molar refractivity (Wildman–Crippen MR) is 133 cm³/mol. The normalized spacial score (nSPS) is 12.5. The first-order valence-corrected chi connectivity index (χ1v) is 12.3. The van der Waals surface area contributed by atoms with Crippen molar-refractivity contribution in [2.45, 2.75) is 38.0 Å². The van der Waals surface area contributed by atoms with Gasteiger partial charge in [0.05, 0.1) is 31.9 Å². The van der Waals surface area contributed by atoms with Crippen molar-refractivity contribution in [1.29, 1.82) is 0 Å². The fourth-order valence-electron chi connectivity index (χ4n) is 3.22. The van der Waals surface area contributed by atoms with Crippen molar-refractivity contribution in [1.82, 2.24) is 15.0 Å². The van der Waals surface area contributed by atoms with Crippen molar-refractivity contribution in [2.24, 2.45) is 0 Å². The summed E-state index contributed by atoms with van der Waals surface area (Å²) in [5.41, 5.74) is 7.30. The lowest BCUT2D eigenvalue weighted by Crippen LogP contribution is -2.10. The molecule has 4 aromatic rings. The van der Waals surface area contributed by atoms with Crippen LogP contribution in [-0.2, 0) is 16.4 Å². The van der Waals surface area contributed by atoms with Gasteiger partial charge < -0.3 is 5.73 Å². The van der Waals surface area contributed by atoms with Gasteiger partial charge in [-0.2, -0.15) is 0 Å². The maximum Gasteiger partial charge on any atom is 0.220 e. The second-order valence-corrected chi connectivity index (χ2v) is 10.9. The van der Waals surface area contributed by atoms with Crippen LogP contribution < -0.4 is 10.5 Å². The molecule has 1 atom stereocenters. The second-order valence-electron chi connectivity index (χ2n) is 8.69. The number of halogens is 2. The standard InChI is InChI=1S/C24H23F2N5OS2/c1-13-8-9-14(25)12-18(13)34(32)31-16-7-5-6-15(19(16)26)20-21(17-10-11-28-23(27)29-17)33-22(30-20)24(2,3)4/h5-12,31H,1-4H3,(H2,27,28,29). The van der Waals surface area contributed by atoms with Crippen LogP contribution in [0, 0.1) is 18.6 Å². The van der Waals surface area contributed by atoms with E-state index in [2.05, 4.69) is 14.7 Å². The van der Waals surface area contributed by atoms with Gasteiger partial charge in [0, 0.05) is 17.2 Å². The quantitative estimate of drug-likeness (QED) is 0.358. The first kappa shape index (κ1) is 23.9. The number of benzene rings is 2. The van der Waals surface area contributed by atoms with Crippen LogP contribution in [0.3, 0.4) is 0 Å². The Bertz CT molecular complexity index is 1400. The lowest BCUT2D eigenvalue weighted by molar-refractivity contribution is 0.585. The highest BCUT2D eigenvalue weighted by Crippen LogP contribution is 2.41. The Morgan fingerprint density at radius 1 is 1.09 bits per heavy atom. The molecule has 4 rings (SSSR count). The van der Waals surface area contributed by atoms with E-state index >= 15 is 4.39 Å². The topological polar surface area (TPSA) is 93.8 Å². The molecule has 6 nitrogen and oxygen atoms in total. The molecule has 0 aliphatic carbocycles. The third-order valence-electron chi connectivity index (χ3n) is 4.98. The van der Waals surface area contributed by atoms with Gasteiger partial charge in [0.2, 0.25) is 5.95 Å². The molecule has 0 saturated carbocycles. The Labute approximate surface area is 202 Å². The number of rotatable bonds is 5. The summed E-state index contributed by atoms with van der Waals surface area (Å²) < 4.78 is 45.0. The summed E-state index contributed by atoms with van der Waals surface area (Å²) in [6.45, 7) is 7.77. The number of aromatic nitrogens is 3. The molecule has 3 N–H and O–H groups in total. The summed E-state index contributed by atoms with van der Waals surface area (Å²) in [5, 5.41) is 0.798. The number of thiazole rings is 1. The molecule has 10 heteroatoms. The first-order valence-electron chi connectivity index (χ1n) is 10.4. The van der Waals surface area contributed by atoms with Gasteiger partial charge in [-0.1, -0.05) is 32.9 Å². The van der Waals surface area contributed by atoms with Gasteiger partial charge in [-0.05, 0) is 42.8 Å². The average Bonchev–Trinajstić information content (AvgIpc) is 3.23. The highest BCUT2D eigenvalue weighted by molar-refractivity contribution is 7.86. The van der Waals surface area contributed by atoms with E-state index in [0.29, 0.717) is 21.8 Å². The molecular formula is C24H23F2N5OS2. The minimum atomic E-state index is -1.87. The van der Waals surface area contributed by atoms with Gasteiger partial charge in [-0.15, -0.1) is 11.3 Å². The highest BCUT2D eigenvalue weighted by atomic mass is 32.2. The maximum atomic E-state index is 15.7. The number of anilines is 2.